The van der Waals surface area contributed by atoms with Gasteiger partial charge in [0.25, 0.3) is 0 Å². The Kier molecular flexibility index (Phi) is 3.94. The van der Waals surface area contributed by atoms with Gasteiger partial charge in [0.1, 0.15) is 11.3 Å². The predicted molar refractivity (Wildman–Crippen MR) is 85.1 cm³/mol. The van der Waals surface area contributed by atoms with Gasteiger partial charge in [0, 0.05) is 25.0 Å². The molecule has 0 aromatic carbocycles. The largest absolute Gasteiger partial charge is 0.444 e. The van der Waals surface area contributed by atoms with Crippen LogP contribution < -0.4 is 0 Å². The van der Waals surface area contributed by atoms with E-state index in [1.165, 1.54) is 0 Å². The third-order valence-electron chi connectivity index (χ3n) is 4.78. The molecule has 2 saturated heterocycles. The number of hydrogen-bond donors (Lipinski definition) is 0. The molecule has 23 heavy (non-hydrogen) atoms. The van der Waals surface area contributed by atoms with Crippen molar-refractivity contribution in [1.29, 1.82) is 0 Å². The summed E-state index contributed by atoms with van der Waals surface area (Å²) in [5.41, 5.74) is 0.165. The first-order chi connectivity index (χ1) is 10.8. The van der Waals surface area contributed by atoms with Gasteiger partial charge in [-0.3, -0.25) is 4.79 Å². The predicted octanol–water partition coefficient (Wildman–Crippen LogP) is 2.78. The summed E-state index contributed by atoms with van der Waals surface area (Å²) in [5, 5.41) is 0. The summed E-state index contributed by atoms with van der Waals surface area (Å²) in [4.78, 5) is 31.1. The Morgan fingerprint density at radius 3 is 2.30 bits per heavy atom. The number of rotatable bonds is 2. The van der Waals surface area contributed by atoms with E-state index in [0.29, 0.717) is 5.69 Å². The maximum atomic E-state index is 12.7. The first kappa shape index (κ1) is 16.0. The maximum Gasteiger partial charge on any atom is 0.410 e. The highest BCUT2D eigenvalue weighted by atomic mass is 16.6. The molecule has 2 fully saturated rings. The van der Waals surface area contributed by atoms with Gasteiger partial charge in [-0.15, -0.1) is 0 Å². The summed E-state index contributed by atoms with van der Waals surface area (Å²) in [7, 11) is 1.84. The van der Waals surface area contributed by atoms with Gasteiger partial charge >= 0.3 is 6.09 Å². The Hall–Kier alpha value is -1.85. The highest BCUT2D eigenvalue weighted by Crippen LogP contribution is 2.40. The highest BCUT2D eigenvalue weighted by molar-refractivity contribution is 5.96. The normalized spacial score (nSPS) is 27.1. The number of hydrogen-bond acceptors (Lipinski definition) is 4. The van der Waals surface area contributed by atoms with E-state index in [-0.39, 0.29) is 29.9 Å². The molecule has 126 valence electrons. The van der Waals surface area contributed by atoms with E-state index in [2.05, 4.69) is 4.98 Å². The van der Waals surface area contributed by atoms with Crippen molar-refractivity contribution in [2.24, 2.45) is 13.0 Å². The van der Waals surface area contributed by atoms with Gasteiger partial charge in [0.15, 0.2) is 5.78 Å². The average molecular weight is 319 g/mol. The first-order valence-corrected chi connectivity index (χ1v) is 8.28. The van der Waals surface area contributed by atoms with E-state index in [0.717, 1.165) is 25.7 Å². The quantitative estimate of drug-likeness (QED) is 0.786. The molecule has 1 aromatic rings. The standard InChI is InChI=1S/C17H25N3O3/c1-17(2,3)23-16(22)20-12-5-6-13(20)8-11(7-12)15(21)14-9-18-10-19(14)4/h9-13H,5-8H2,1-4H3. The number of aryl methyl sites for hydroxylation is 1. The molecule has 0 radical (unpaired) electrons. The lowest BCUT2D eigenvalue weighted by molar-refractivity contribution is 0.00248. The molecule has 3 rings (SSSR count). The summed E-state index contributed by atoms with van der Waals surface area (Å²) >= 11 is 0. The minimum atomic E-state index is -0.488. The number of piperidine rings is 1. The average Bonchev–Trinajstić information content (AvgIpc) is 2.97. The van der Waals surface area contributed by atoms with E-state index < -0.39 is 5.60 Å². The Bertz CT molecular complexity index is 603. The second-order valence-corrected chi connectivity index (χ2v) is 7.69. The van der Waals surface area contributed by atoms with Crippen molar-refractivity contribution < 1.29 is 14.3 Å². The van der Waals surface area contributed by atoms with E-state index in [4.69, 9.17) is 4.74 Å². The Morgan fingerprint density at radius 1 is 1.22 bits per heavy atom. The van der Waals surface area contributed by atoms with Crippen molar-refractivity contribution in [1.82, 2.24) is 14.5 Å². The number of ether oxygens (including phenoxy) is 1. The van der Waals surface area contributed by atoms with Gasteiger partial charge < -0.3 is 14.2 Å². The maximum absolute atomic E-state index is 12.7. The molecule has 1 aromatic heterocycles. The first-order valence-electron chi connectivity index (χ1n) is 8.28. The van der Waals surface area contributed by atoms with Crippen LogP contribution in [0.3, 0.4) is 0 Å². The van der Waals surface area contributed by atoms with Crippen molar-refractivity contribution in [2.75, 3.05) is 0 Å². The summed E-state index contributed by atoms with van der Waals surface area (Å²) in [6.45, 7) is 5.64. The smallest absolute Gasteiger partial charge is 0.410 e. The van der Waals surface area contributed by atoms with Crippen molar-refractivity contribution in [3.05, 3.63) is 18.2 Å². The van der Waals surface area contributed by atoms with Crippen LogP contribution in [0.15, 0.2) is 12.5 Å². The number of imidazole rings is 1. The molecule has 6 nitrogen and oxygen atoms in total. The zero-order chi connectivity index (χ0) is 16.8. The van der Waals surface area contributed by atoms with Gasteiger partial charge in [0.2, 0.25) is 0 Å². The van der Waals surface area contributed by atoms with Crippen molar-refractivity contribution in [3.8, 4) is 0 Å². The molecule has 0 saturated carbocycles. The van der Waals surface area contributed by atoms with Crippen LogP contribution in [-0.2, 0) is 11.8 Å². The number of amides is 1. The van der Waals surface area contributed by atoms with Gasteiger partial charge in [0.05, 0.1) is 12.5 Å². The molecule has 2 bridgehead atoms. The van der Waals surface area contributed by atoms with Gasteiger partial charge in [-0.05, 0) is 46.5 Å². The molecule has 0 spiro atoms. The van der Waals surface area contributed by atoms with Crippen LogP contribution in [0.4, 0.5) is 4.79 Å². The summed E-state index contributed by atoms with van der Waals surface area (Å²) in [6, 6.07) is 0.233. The van der Waals surface area contributed by atoms with Gasteiger partial charge in [-0.1, -0.05) is 0 Å². The van der Waals surface area contributed by atoms with E-state index in [1.54, 1.807) is 17.1 Å². The third kappa shape index (κ3) is 3.12. The van der Waals surface area contributed by atoms with E-state index in [1.807, 2.05) is 32.7 Å². The zero-order valence-electron chi connectivity index (χ0n) is 14.3. The number of carbonyl (C=O) groups excluding carboxylic acids is 2. The van der Waals surface area contributed by atoms with Crippen molar-refractivity contribution in [2.45, 2.75) is 64.1 Å². The van der Waals surface area contributed by atoms with Gasteiger partial charge in [-0.2, -0.15) is 0 Å². The third-order valence-corrected chi connectivity index (χ3v) is 4.78. The Labute approximate surface area is 136 Å². The molecule has 0 N–H and O–H groups in total. The number of fused-ring (bicyclic) bond motifs is 2. The number of Topliss-reactive ketones (excluding diaryl/α,β-unsaturated/α-hetero) is 1. The molecule has 3 heterocycles. The van der Waals surface area contributed by atoms with Crippen LogP contribution in [-0.4, -0.2) is 44.0 Å². The fourth-order valence-electron chi connectivity index (χ4n) is 3.81. The molecule has 2 unspecified atom stereocenters. The Morgan fingerprint density at radius 2 is 1.83 bits per heavy atom. The van der Waals surface area contributed by atoms with Crippen LogP contribution in [0.5, 0.6) is 0 Å². The lowest BCUT2D eigenvalue weighted by Gasteiger charge is -2.39. The summed E-state index contributed by atoms with van der Waals surface area (Å²) < 4.78 is 7.30. The molecular formula is C17H25N3O3. The molecule has 1 amide bonds. The SMILES string of the molecule is Cn1cncc1C(=O)C1CC2CCC(C1)N2C(=O)OC(C)(C)C. The number of nitrogens with zero attached hydrogens (tertiary/aromatic N) is 3. The fraction of sp³-hybridized carbons (Fsp3) is 0.706. The van der Waals surface area contributed by atoms with Crippen molar-refractivity contribution in [3.63, 3.8) is 0 Å². The van der Waals surface area contributed by atoms with Crippen molar-refractivity contribution >= 4 is 11.9 Å². The molecule has 0 aliphatic carbocycles. The molecule has 6 heteroatoms. The molecule has 2 atom stereocenters. The van der Waals surface area contributed by atoms with E-state index >= 15 is 0 Å². The van der Waals surface area contributed by atoms with Crippen LogP contribution in [0, 0.1) is 5.92 Å². The van der Waals surface area contributed by atoms with Gasteiger partial charge in [-0.25, -0.2) is 9.78 Å². The lowest BCUT2D eigenvalue weighted by Crippen LogP contribution is -2.49. The monoisotopic (exact) mass is 319 g/mol. The van der Waals surface area contributed by atoms with Crippen LogP contribution in [0.25, 0.3) is 0 Å². The van der Waals surface area contributed by atoms with Crippen LogP contribution in [0.2, 0.25) is 0 Å². The topological polar surface area (TPSA) is 64.4 Å². The zero-order valence-corrected chi connectivity index (χ0v) is 14.3. The highest BCUT2D eigenvalue weighted by Gasteiger charge is 2.46. The lowest BCUT2D eigenvalue weighted by atomic mass is 9.86. The van der Waals surface area contributed by atoms with Crippen LogP contribution in [0.1, 0.15) is 56.9 Å². The fourth-order valence-corrected chi connectivity index (χ4v) is 3.81. The van der Waals surface area contributed by atoms with Crippen LogP contribution >= 0.6 is 0 Å². The number of ketones is 1. The molecule has 2 aliphatic rings. The molecule has 2 aliphatic heterocycles. The second kappa shape index (κ2) is 5.65. The summed E-state index contributed by atoms with van der Waals surface area (Å²) in [5.74, 6) is 0.118. The minimum Gasteiger partial charge on any atom is -0.444 e. The second-order valence-electron chi connectivity index (χ2n) is 7.69. The Balaban J connectivity index is 1.71. The molecular weight excluding hydrogens is 294 g/mol. The number of aromatic nitrogens is 2. The van der Waals surface area contributed by atoms with E-state index in [9.17, 15) is 9.59 Å². The minimum absolute atomic E-state index is 0.0263. The summed E-state index contributed by atoms with van der Waals surface area (Å²) in [6.07, 6.45) is 6.40. The number of carbonyl (C=O) groups is 2.